The molecule has 0 N–H and O–H groups in total. The summed E-state index contributed by atoms with van der Waals surface area (Å²) < 4.78 is 13.4. The van der Waals surface area contributed by atoms with E-state index in [1.165, 1.54) is 21.0 Å². The Morgan fingerprint density at radius 3 is 1.54 bits per heavy atom. The van der Waals surface area contributed by atoms with Crippen molar-refractivity contribution in [2.75, 3.05) is 4.90 Å². The third-order valence-corrected chi connectivity index (χ3v) is 10.1. The summed E-state index contributed by atoms with van der Waals surface area (Å²) in [4.78, 5) is 17.3. The number of hydrogen-bond donors (Lipinski definition) is 0. The summed E-state index contributed by atoms with van der Waals surface area (Å²) in [7, 11) is 0. The van der Waals surface area contributed by atoms with Crippen molar-refractivity contribution in [1.29, 1.82) is 0 Å². The highest BCUT2D eigenvalue weighted by atomic mass is 32.1. The lowest BCUT2D eigenvalue weighted by Gasteiger charge is -2.26. The van der Waals surface area contributed by atoms with E-state index in [4.69, 9.17) is 18.8 Å². The minimum atomic E-state index is 0.600. The molecule has 0 unspecified atom stereocenters. The van der Waals surface area contributed by atoms with Gasteiger partial charge in [-0.3, -0.25) is 0 Å². The molecule has 0 radical (unpaired) electrons. The summed E-state index contributed by atoms with van der Waals surface area (Å²) in [5.41, 5.74) is 10.4. The first-order chi connectivity index (χ1) is 24.7. The molecule has 0 fully saturated rings. The summed E-state index contributed by atoms with van der Waals surface area (Å²) >= 11 is 1.73. The SMILES string of the molecule is c1ccc2oc(-c3ccc(N(c4ccc(-c5ccc6c(c5)sc5ncccc56)cc4)c4ccc(-c5nc6ccccc6o5)cc4)cc3)nc2c1. The smallest absolute Gasteiger partial charge is 0.227 e. The molecular formula is C43H26N4O2S. The molecule has 0 aliphatic heterocycles. The molecule has 10 aromatic rings. The first kappa shape index (κ1) is 28.4. The Morgan fingerprint density at radius 2 is 0.980 bits per heavy atom. The number of para-hydroxylation sites is 4. The number of hydrogen-bond acceptors (Lipinski definition) is 7. The molecule has 0 amide bonds. The molecule has 0 aliphatic rings. The molecule has 0 aliphatic carbocycles. The van der Waals surface area contributed by atoms with E-state index in [1.54, 1.807) is 11.3 Å². The van der Waals surface area contributed by atoms with Crippen LogP contribution in [0.3, 0.4) is 0 Å². The first-order valence-electron chi connectivity index (χ1n) is 16.3. The molecule has 50 heavy (non-hydrogen) atoms. The number of aromatic nitrogens is 3. The Labute approximate surface area is 290 Å². The topological polar surface area (TPSA) is 68.2 Å². The predicted molar refractivity (Wildman–Crippen MR) is 203 cm³/mol. The van der Waals surface area contributed by atoms with Gasteiger partial charge in [0.15, 0.2) is 11.2 Å². The molecule has 0 saturated heterocycles. The molecular weight excluding hydrogens is 637 g/mol. The molecule has 0 bridgehead atoms. The van der Waals surface area contributed by atoms with E-state index in [0.717, 1.165) is 60.8 Å². The van der Waals surface area contributed by atoms with Crippen LogP contribution in [-0.4, -0.2) is 15.0 Å². The van der Waals surface area contributed by atoms with Crippen LogP contribution in [0.1, 0.15) is 0 Å². The van der Waals surface area contributed by atoms with E-state index < -0.39 is 0 Å². The summed E-state index contributed by atoms with van der Waals surface area (Å²) in [6, 6.07) is 51.9. The average molecular weight is 663 g/mol. The Balaban J connectivity index is 1.02. The maximum Gasteiger partial charge on any atom is 0.227 e. The van der Waals surface area contributed by atoms with Gasteiger partial charge in [0, 0.05) is 49.9 Å². The fourth-order valence-corrected chi connectivity index (χ4v) is 7.62. The monoisotopic (exact) mass is 662 g/mol. The van der Waals surface area contributed by atoms with E-state index in [9.17, 15) is 0 Å². The first-order valence-corrected chi connectivity index (χ1v) is 17.2. The normalized spacial score (nSPS) is 11.6. The van der Waals surface area contributed by atoms with Gasteiger partial charge in [-0.05, 0) is 114 Å². The molecule has 0 atom stereocenters. The van der Waals surface area contributed by atoms with Crippen LogP contribution >= 0.6 is 11.3 Å². The van der Waals surface area contributed by atoms with E-state index in [1.807, 2.05) is 60.8 Å². The lowest BCUT2D eigenvalue weighted by Crippen LogP contribution is -2.09. The van der Waals surface area contributed by atoms with E-state index in [-0.39, 0.29) is 0 Å². The number of thiophene rings is 1. The lowest BCUT2D eigenvalue weighted by molar-refractivity contribution is 0.619. The van der Waals surface area contributed by atoms with Crippen molar-refractivity contribution in [2.45, 2.75) is 0 Å². The molecule has 6 aromatic carbocycles. The van der Waals surface area contributed by atoms with Crippen molar-refractivity contribution in [1.82, 2.24) is 15.0 Å². The van der Waals surface area contributed by atoms with Crippen molar-refractivity contribution in [3.8, 4) is 34.0 Å². The molecule has 0 spiro atoms. The van der Waals surface area contributed by atoms with Crippen molar-refractivity contribution < 1.29 is 8.83 Å². The zero-order valence-corrected chi connectivity index (χ0v) is 27.3. The van der Waals surface area contributed by atoms with Gasteiger partial charge >= 0.3 is 0 Å². The summed E-state index contributed by atoms with van der Waals surface area (Å²) in [6.07, 6.45) is 1.86. The number of anilines is 3. The third kappa shape index (κ3) is 4.91. The summed E-state index contributed by atoms with van der Waals surface area (Å²) in [5.74, 6) is 1.20. The molecule has 4 heterocycles. The Bertz CT molecular complexity index is 2630. The highest BCUT2D eigenvalue weighted by Gasteiger charge is 2.16. The van der Waals surface area contributed by atoms with Crippen LogP contribution in [0.5, 0.6) is 0 Å². The number of oxazole rings is 2. The van der Waals surface area contributed by atoms with Crippen molar-refractivity contribution in [3.05, 3.63) is 158 Å². The van der Waals surface area contributed by atoms with Crippen molar-refractivity contribution in [2.24, 2.45) is 0 Å². The van der Waals surface area contributed by atoms with Crippen LogP contribution in [0, 0.1) is 0 Å². The quantitative estimate of drug-likeness (QED) is 0.176. The van der Waals surface area contributed by atoms with Gasteiger partial charge in [0.1, 0.15) is 15.9 Å². The minimum absolute atomic E-state index is 0.600. The minimum Gasteiger partial charge on any atom is -0.436 e. The highest BCUT2D eigenvalue weighted by molar-refractivity contribution is 7.25. The van der Waals surface area contributed by atoms with Crippen LogP contribution in [0.2, 0.25) is 0 Å². The molecule has 7 heteroatoms. The molecule has 6 nitrogen and oxygen atoms in total. The Kier molecular flexibility index (Phi) is 6.57. The van der Waals surface area contributed by atoms with Crippen LogP contribution in [0.4, 0.5) is 17.1 Å². The molecule has 10 rings (SSSR count). The maximum atomic E-state index is 6.06. The Hall–Kier alpha value is -6.57. The number of pyridine rings is 1. The van der Waals surface area contributed by atoms with Crippen LogP contribution in [0.25, 0.3) is 76.5 Å². The zero-order valence-electron chi connectivity index (χ0n) is 26.5. The Morgan fingerprint density at radius 1 is 0.460 bits per heavy atom. The maximum absolute atomic E-state index is 6.06. The van der Waals surface area contributed by atoms with Gasteiger partial charge in [0.25, 0.3) is 0 Å². The van der Waals surface area contributed by atoms with Crippen LogP contribution in [-0.2, 0) is 0 Å². The van der Waals surface area contributed by atoms with Crippen LogP contribution in [0.15, 0.2) is 167 Å². The zero-order chi connectivity index (χ0) is 33.0. The molecule has 236 valence electrons. The van der Waals surface area contributed by atoms with Crippen molar-refractivity contribution >= 4 is 70.9 Å². The van der Waals surface area contributed by atoms with Gasteiger partial charge in [0.05, 0.1) is 0 Å². The largest absolute Gasteiger partial charge is 0.436 e. The van der Waals surface area contributed by atoms with E-state index in [0.29, 0.717) is 11.8 Å². The second-order valence-corrected chi connectivity index (χ2v) is 13.1. The van der Waals surface area contributed by atoms with Gasteiger partial charge < -0.3 is 13.7 Å². The van der Waals surface area contributed by atoms with Gasteiger partial charge in [-0.25, -0.2) is 15.0 Å². The summed E-state index contributed by atoms with van der Waals surface area (Å²) in [6.45, 7) is 0. The molecule has 0 saturated carbocycles. The number of nitrogens with zero attached hydrogens (tertiary/aromatic N) is 4. The third-order valence-electron chi connectivity index (χ3n) is 9.04. The van der Waals surface area contributed by atoms with E-state index >= 15 is 0 Å². The van der Waals surface area contributed by atoms with Crippen LogP contribution < -0.4 is 4.90 Å². The fourth-order valence-electron chi connectivity index (χ4n) is 6.54. The van der Waals surface area contributed by atoms with Gasteiger partial charge in [-0.1, -0.05) is 48.5 Å². The van der Waals surface area contributed by atoms with Gasteiger partial charge in [-0.2, -0.15) is 0 Å². The summed E-state index contributed by atoms with van der Waals surface area (Å²) in [5, 5.41) is 2.45. The number of rotatable bonds is 6. The highest BCUT2D eigenvalue weighted by Crippen LogP contribution is 2.39. The van der Waals surface area contributed by atoms with Crippen molar-refractivity contribution in [3.63, 3.8) is 0 Å². The predicted octanol–water partition coefficient (Wildman–Crippen LogP) is 12.2. The fraction of sp³-hybridized carbons (Fsp3) is 0. The standard InChI is InChI=1S/C43H26N4O2S/c1-3-9-38-36(7-1)45-41(48-38)28-13-20-32(21-14-28)47(33-22-15-29(16-23-33)42-46-37-8-2-4-10-39(37)49-42)31-18-11-27(12-19-31)30-17-24-34-35-6-5-25-44-43(35)50-40(34)26-30/h1-26H. The second kappa shape index (κ2) is 11.5. The average Bonchev–Trinajstić information content (AvgIpc) is 3.91. The molecule has 4 aromatic heterocycles. The lowest BCUT2D eigenvalue weighted by atomic mass is 10.0. The number of benzene rings is 6. The second-order valence-electron chi connectivity index (χ2n) is 12.1. The van der Waals surface area contributed by atoms with E-state index in [2.05, 4.69) is 107 Å². The van der Waals surface area contributed by atoms with Gasteiger partial charge in [0.2, 0.25) is 11.8 Å². The number of fused-ring (bicyclic) bond motifs is 5. The van der Waals surface area contributed by atoms with Gasteiger partial charge in [-0.15, -0.1) is 11.3 Å².